The predicted octanol–water partition coefficient (Wildman–Crippen LogP) is 3.52. The number of hydrogen-bond donors (Lipinski definition) is 1. The van der Waals surface area contributed by atoms with Crippen LogP contribution in [0.1, 0.15) is 12.1 Å². The normalized spacial score (nSPS) is 11.3. The number of para-hydroxylation sites is 1. The monoisotopic (exact) mass is 498 g/mol. The zero-order valence-electron chi connectivity index (χ0n) is 17.6. The molecule has 0 saturated heterocycles. The van der Waals surface area contributed by atoms with Crippen LogP contribution in [-0.4, -0.2) is 40.1 Å². The Balaban J connectivity index is 1.53. The Bertz CT molecular complexity index is 1250. The maximum Gasteiger partial charge on any atom is 0.307 e. The highest BCUT2D eigenvalue weighted by Gasteiger charge is 2.18. The molecule has 3 rings (SSSR count). The number of hydrogen-bond acceptors (Lipinski definition) is 8. The lowest BCUT2D eigenvalue weighted by molar-refractivity contribution is -0.144. The molecule has 0 saturated carbocycles. The van der Waals surface area contributed by atoms with Crippen LogP contribution in [0.3, 0.4) is 0 Å². The van der Waals surface area contributed by atoms with Gasteiger partial charge in [0.2, 0.25) is 10.0 Å². The molecule has 0 bridgehead atoms. The van der Waals surface area contributed by atoms with Gasteiger partial charge in [-0.25, -0.2) is 26.9 Å². The first-order chi connectivity index (χ1) is 15.7. The number of carbonyl (C=O) groups excluding carboxylic acids is 1. The summed E-state index contributed by atoms with van der Waals surface area (Å²) in [5, 5.41) is 2.38. The first-order valence-corrected chi connectivity index (χ1v) is 11.9. The molecule has 0 amide bonds. The fourth-order valence-corrected chi connectivity index (χ4v) is 4.66. The van der Waals surface area contributed by atoms with E-state index < -0.39 is 32.5 Å². The van der Waals surface area contributed by atoms with Crippen LogP contribution in [0.5, 0.6) is 11.5 Å². The van der Waals surface area contributed by atoms with Crippen molar-refractivity contribution in [1.82, 2.24) is 9.71 Å². The first kappa shape index (κ1) is 24.6. The minimum Gasteiger partial charge on any atom is -0.493 e. The second-order valence-corrected chi connectivity index (χ2v) is 9.19. The van der Waals surface area contributed by atoms with Gasteiger partial charge in [-0.2, -0.15) is 0 Å². The van der Waals surface area contributed by atoms with E-state index in [4.69, 9.17) is 14.2 Å². The third-order valence-electron chi connectivity index (χ3n) is 4.39. The summed E-state index contributed by atoms with van der Waals surface area (Å²) in [5.74, 6) is -2.01. The van der Waals surface area contributed by atoms with Gasteiger partial charge in [-0.3, -0.25) is 4.79 Å². The first-order valence-electron chi connectivity index (χ1n) is 9.51. The largest absolute Gasteiger partial charge is 0.493 e. The van der Waals surface area contributed by atoms with Gasteiger partial charge < -0.3 is 14.2 Å². The van der Waals surface area contributed by atoms with E-state index in [1.807, 2.05) is 6.07 Å². The summed E-state index contributed by atoms with van der Waals surface area (Å²) in [6.45, 7) is -0.374. The van der Waals surface area contributed by atoms with Crippen LogP contribution in [0.15, 0.2) is 46.7 Å². The van der Waals surface area contributed by atoms with Crippen molar-refractivity contribution in [2.45, 2.75) is 17.9 Å². The van der Waals surface area contributed by atoms with Crippen LogP contribution in [0, 0.1) is 11.6 Å². The molecular formula is C21H20F2N2O6S2. The second kappa shape index (κ2) is 10.7. The van der Waals surface area contributed by atoms with E-state index in [1.165, 1.54) is 25.6 Å². The quantitative estimate of drug-likeness (QED) is 0.427. The van der Waals surface area contributed by atoms with Gasteiger partial charge >= 0.3 is 5.97 Å². The number of carbonyl (C=O) groups is 1. The number of ether oxygens (including phenoxy) is 3. The molecule has 1 heterocycles. The lowest BCUT2D eigenvalue weighted by Gasteiger charge is -2.10. The molecule has 8 nitrogen and oxygen atoms in total. The van der Waals surface area contributed by atoms with Crippen molar-refractivity contribution in [3.8, 4) is 22.1 Å². The zero-order chi connectivity index (χ0) is 24.0. The van der Waals surface area contributed by atoms with E-state index in [2.05, 4.69) is 9.71 Å². The summed E-state index contributed by atoms with van der Waals surface area (Å²) in [5.41, 5.74) is 1.24. The van der Waals surface area contributed by atoms with Gasteiger partial charge in [0, 0.05) is 11.9 Å². The fraction of sp³-hybridized carbons (Fsp3) is 0.238. The summed E-state index contributed by atoms with van der Waals surface area (Å²) in [6, 6.07) is 7.60. The lowest BCUT2D eigenvalue weighted by Crippen LogP contribution is -2.27. The topological polar surface area (TPSA) is 104 Å². The average Bonchev–Trinajstić information content (AvgIpc) is 3.27. The smallest absolute Gasteiger partial charge is 0.307 e. The lowest BCUT2D eigenvalue weighted by atomic mass is 10.2. The molecule has 0 aliphatic carbocycles. The SMILES string of the molecule is COc1cccc(-c2nc(COC(=O)CCNS(=O)(=O)c3ccc(F)c(F)c3)cs2)c1OC. The van der Waals surface area contributed by atoms with E-state index in [0.29, 0.717) is 34.3 Å². The molecule has 3 aromatic rings. The van der Waals surface area contributed by atoms with Gasteiger partial charge in [0.15, 0.2) is 23.1 Å². The van der Waals surface area contributed by atoms with Crippen LogP contribution in [0.25, 0.3) is 10.6 Å². The summed E-state index contributed by atoms with van der Waals surface area (Å²) < 4.78 is 68.4. The average molecular weight is 499 g/mol. The molecule has 0 spiro atoms. The van der Waals surface area contributed by atoms with E-state index in [1.54, 1.807) is 17.5 Å². The van der Waals surface area contributed by atoms with Gasteiger partial charge in [0.25, 0.3) is 0 Å². The molecule has 0 aliphatic rings. The fourth-order valence-electron chi connectivity index (χ4n) is 2.79. The van der Waals surface area contributed by atoms with Crippen LogP contribution < -0.4 is 14.2 Å². The number of benzene rings is 2. The maximum atomic E-state index is 13.3. The van der Waals surface area contributed by atoms with Crippen molar-refractivity contribution in [3.63, 3.8) is 0 Å². The standard InChI is InChI=1S/C21H20F2N2O6S2/c1-29-18-5-3-4-15(20(18)30-2)21-25-13(12-32-21)11-31-19(26)8-9-24-33(27,28)14-6-7-16(22)17(23)10-14/h3-7,10,12,24H,8-9,11H2,1-2H3. The highest BCUT2D eigenvalue weighted by atomic mass is 32.2. The summed E-state index contributed by atoms with van der Waals surface area (Å²) in [7, 11) is -1.04. The third kappa shape index (κ3) is 6.03. The minimum atomic E-state index is -4.10. The Morgan fingerprint density at radius 3 is 2.61 bits per heavy atom. The van der Waals surface area contributed by atoms with Gasteiger partial charge in [-0.1, -0.05) is 6.07 Å². The highest BCUT2D eigenvalue weighted by Crippen LogP contribution is 2.39. The van der Waals surface area contributed by atoms with Gasteiger partial charge in [-0.15, -0.1) is 11.3 Å². The van der Waals surface area contributed by atoms with E-state index in [-0.39, 0.29) is 19.6 Å². The Morgan fingerprint density at radius 1 is 1.12 bits per heavy atom. The molecule has 0 radical (unpaired) electrons. The van der Waals surface area contributed by atoms with E-state index in [9.17, 15) is 22.0 Å². The van der Waals surface area contributed by atoms with Crippen LogP contribution in [0.4, 0.5) is 8.78 Å². The van der Waals surface area contributed by atoms with Crippen molar-refractivity contribution < 1.29 is 36.2 Å². The number of aromatic nitrogens is 1. The van der Waals surface area contributed by atoms with Crippen molar-refractivity contribution in [1.29, 1.82) is 0 Å². The van der Waals surface area contributed by atoms with E-state index >= 15 is 0 Å². The van der Waals surface area contributed by atoms with Crippen molar-refractivity contribution in [2.75, 3.05) is 20.8 Å². The minimum absolute atomic E-state index is 0.0997. The molecule has 1 aromatic heterocycles. The Hall–Kier alpha value is -3.09. The second-order valence-electron chi connectivity index (χ2n) is 6.57. The van der Waals surface area contributed by atoms with Crippen LogP contribution in [0.2, 0.25) is 0 Å². The Labute approximate surface area is 193 Å². The summed E-state index contributed by atoms with van der Waals surface area (Å²) in [4.78, 5) is 16.0. The van der Waals surface area contributed by atoms with Gasteiger partial charge in [0.1, 0.15) is 11.6 Å². The highest BCUT2D eigenvalue weighted by molar-refractivity contribution is 7.89. The van der Waals surface area contributed by atoms with Crippen LogP contribution in [-0.2, 0) is 26.2 Å². The number of methoxy groups -OCH3 is 2. The molecular weight excluding hydrogens is 478 g/mol. The molecule has 1 N–H and O–H groups in total. The third-order valence-corrected chi connectivity index (χ3v) is 6.77. The number of sulfonamides is 1. The van der Waals surface area contributed by atoms with Gasteiger partial charge in [-0.05, 0) is 30.3 Å². The molecule has 12 heteroatoms. The van der Waals surface area contributed by atoms with E-state index in [0.717, 1.165) is 11.6 Å². The number of nitrogens with zero attached hydrogens (tertiary/aromatic N) is 1. The number of rotatable bonds is 10. The zero-order valence-corrected chi connectivity index (χ0v) is 19.3. The number of nitrogens with one attached hydrogen (secondary N) is 1. The summed E-state index contributed by atoms with van der Waals surface area (Å²) in [6.07, 6.45) is -0.260. The Morgan fingerprint density at radius 2 is 1.91 bits per heavy atom. The van der Waals surface area contributed by atoms with Crippen molar-refractivity contribution in [3.05, 3.63) is 59.1 Å². The predicted molar refractivity (Wildman–Crippen MR) is 117 cm³/mol. The molecule has 0 fully saturated rings. The van der Waals surface area contributed by atoms with Crippen LogP contribution >= 0.6 is 11.3 Å². The summed E-state index contributed by atoms with van der Waals surface area (Å²) >= 11 is 1.34. The number of thiazole rings is 1. The molecule has 2 aromatic carbocycles. The maximum absolute atomic E-state index is 13.3. The number of esters is 1. The number of halogens is 2. The Kier molecular flexibility index (Phi) is 7.95. The van der Waals surface area contributed by atoms with Gasteiger partial charge in [0.05, 0.1) is 36.8 Å². The molecule has 0 aliphatic heterocycles. The molecule has 0 atom stereocenters. The molecule has 176 valence electrons. The van der Waals surface area contributed by atoms with Crippen molar-refractivity contribution >= 4 is 27.3 Å². The molecule has 33 heavy (non-hydrogen) atoms. The van der Waals surface area contributed by atoms with Crippen molar-refractivity contribution in [2.24, 2.45) is 0 Å². The molecule has 0 unspecified atom stereocenters.